The Bertz CT molecular complexity index is 608. The number of piperazine rings is 1. The lowest BCUT2D eigenvalue weighted by Gasteiger charge is -2.42. The van der Waals surface area contributed by atoms with Gasteiger partial charge in [0.2, 0.25) is 5.91 Å². The predicted octanol–water partition coefficient (Wildman–Crippen LogP) is 1.52. The van der Waals surface area contributed by atoms with Crippen LogP contribution in [0.25, 0.3) is 0 Å². The second-order valence-corrected chi connectivity index (χ2v) is 7.88. The number of nitrogens with two attached hydrogens (primary N) is 1. The van der Waals surface area contributed by atoms with Crippen molar-refractivity contribution < 1.29 is 14.3 Å². The summed E-state index contributed by atoms with van der Waals surface area (Å²) in [5.74, 6) is 0.201. The number of hydrogen-bond acceptors (Lipinski definition) is 5. The van der Waals surface area contributed by atoms with Crippen LogP contribution in [-0.4, -0.2) is 67.6 Å². The van der Waals surface area contributed by atoms with Crippen molar-refractivity contribution in [3.8, 4) is 0 Å². The lowest BCUT2D eigenvalue weighted by Crippen LogP contribution is -2.57. The molecule has 2 aliphatic heterocycles. The Morgan fingerprint density at radius 2 is 1.76 bits per heavy atom. The van der Waals surface area contributed by atoms with Gasteiger partial charge in [0.1, 0.15) is 0 Å². The summed E-state index contributed by atoms with van der Waals surface area (Å²) in [6, 6.07) is 3.85. The fourth-order valence-corrected chi connectivity index (χ4v) is 4.26. The van der Waals surface area contributed by atoms with Crippen molar-refractivity contribution >= 4 is 35.6 Å². The van der Waals surface area contributed by atoms with Gasteiger partial charge in [-0.15, -0.1) is 23.7 Å². The van der Waals surface area contributed by atoms with Crippen LogP contribution < -0.4 is 5.73 Å². The summed E-state index contributed by atoms with van der Waals surface area (Å²) in [5.41, 5.74) is 5.46. The van der Waals surface area contributed by atoms with Crippen molar-refractivity contribution in [2.75, 3.05) is 45.9 Å². The topological polar surface area (TPSA) is 75.9 Å². The molecule has 3 heterocycles. The number of thiophene rings is 1. The molecule has 0 aromatic carbocycles. The molecule has 0 bridgehead atoms. The van der Waals surface area contributed by atoms with Crippen molar-refractivity contribution in [3.05, 3.63) is 21.9 Å². The molecule has 0 saturated carbocycles. The number of aryl methyl sites for hydroxylation is 1. The van der Waals surface area contributed by atoms with Crippen LogP contribution in [0, 0.1) is 12.3 Å². The maximum absolute atomic E-state index is 12.9. The maximum atomic E-state index is 12.9. The summed E-state index contributed by atoms with van der Waals surface area (Å²) >= 11 is 1.52. The zero-order valence-electron chi connectivity index (χ0n) is 14.5. The Kier molecular flexibility index (Phi) is 6.85. The zero-order valence-corrected chi connectivity index (χ0v) is 16.2. The van der Waals surface area contributed by atoms with E-state index in [1.54, 1.807) is 0 Å². The van der Waals surface area contributed by atoms with Crippen LogP contribution in [0.5, 0.6) is 0 Å². The maximum Gasteiger partial charge on any atom is 0.264 e. The largest absolute Gasteiger partial charge is 0.381 e. The molecule has 1 aromatic rings. The Morgan fingerprint density at radius 1 is 1.16 bits per heavy atom. The van der Waals surface area contributed by atoms with Gasteiger partial charge in [-0.3, -0.25) is 9.59 Å². The second kappa shape index (κ2) is 8.49. The molecule has 25 heavy (non-hydrogen) atoms. The van der Waals surface area contributed by atoms with Gasteiger partial charge < -0.3 is 20.3 Å². The van der Waals surface area contributed by atoms with E-state index in [9.17, 15) is 9.59 Å². The molecule has 6 nitrogen and oxygen atoms in total. The molecule has 2 saturated heterocycles. The van der Waals surface area contributed by atoms with Crippen LogP contribution >= 0.6 is 23.7 Å². The summed E-state index contributed by atoms with van der Waals surface area (Å²) in [6.07, 6.45) is 1.38. The van der Waals surface area contributed by atoms with E-state index in [2.05, 4.69) is 0 Å². The smallest absolute Gasteiger partial charge is 0.264 e. The molecule has 2 fully saturated rings. The van der Waals surface area contributed by atoms with Gasteiger partial charge in [0.05, 0.1) is 10.3 Å². The third-order valence-corrected chi connectivity index (χ3v) is 6.09. The molecule has 1 aromatic heterocycles. The van der Waals surface area contributed by atoms with Gasteiger partial charge in [0, 0.05) is 50.8 Å². The minimum absolute atomic E-state index is 0. The first-order valence-electron chi connectivity index (χ1n) is 8.49. The van der Waals surface area contributed by atoms with Crippen LogP contribution in [-0.2, 0) is 9.53 Å². The van der Waals surface area contributed by atoms with Crippen molar-refractivity contribution in [3.63, 3.8) is 0 Å². The summed E-state index contributed by atoms with van der Waals surface area (Å²) in [7, 11) is 0. The van der Waals surface area contributed by atoms with Crippen LogP contribution in [0.15, 0.2) is 12.1 Å². The van der Waals surface area contributed by atoms with Crippen LogP contribution in [0.3, 0.4) is 0 Å². The Hall–Kier alpha value is -1.15. The highest BCUT2D eigenvalue weighted by Crippen LogP contribution is 2.32. The lowest BCUT2D eigenvalue weighted by atomic mass is 9.78. The highest BCUT2D eigenvalue weighted by molar-refractivity contribution is 7.13. The SMILES string of the molecule is Cc1ccc(C(=O)N2CCN(C(=O)C3(CN)CCOCC3)CC2)s1.Cl. The van der Waals surface area contributed by atoms with Gasteiger partial charge >= 0.3 is 0 Å². The van der Waals surface area contributed by atoms with Gasteiger partial charge in [-0.1, -0.05) is 0 Å². The van der Waals surface area contributed by atoms with E-state index in [0.717, 1.165) is 9.75 Å². The number of carbonyl (C=O) groups is 2. The Labute approximate surface area is 158 Å². The first-order valence-corrected chi connectivity index (χ1v) is 9.30. The minimum atomic E-state index is -0.477. The summed E-state index contributed by atoms with van der Waals surface area (Å²) in [4.78, 5) is 31.1. The quantitative estimate of drug-likeness (QED) is 0.853. The predicted molar refractivity (Wildman–Crippen MR) is 100 cm³/mol. The fraction of sp³-hybridized carbons (Fsp3) is 0.647. The average molecular weight is 388 g/mol. The molecule has 2 aliphatic rings. The number of carbonyl (C=O) groups excluding carboxylic acids is 2. The van der Waals surface area contributed by atoms with Gasteiger partial charge in [-0.05, 0) is 31.9 Å². The number of halogens is 1. The van der Waals surface area contributed by atoms with Gasteiger partial charge in [-0.2, -0.15) is 0 Å². The fourth-order valence-electron chi connectivity index (χ4n) is 3.42. The van der Waals surface area contributed by atoms with Gasteiger partial charge in [-0.25, -0.2) is 0 Å². The third-order valence-electron chi connectivity index (χ3n) is 5.10. The van der Waals surface area contributed by atoms with Crippen LogP contribution in [0.2, 0.25) is 0 Å². The summed E-state index contributed by atoms with van der Waals surface area (Å²) in [6.45, 7) is 5.88. The number of ether oxygens (including phenoxy) is 1. The number of hydrogen-bond donors (Lipinski definition) is 1. The normalized spacial score (nSPS) is 20.1. The van der Waals surface area contributed by atoms with Crippen molar-refractivity contribution in [1.82, 2.24) is 9.80 Å². The molecule has 0 radical (unpaired) electrons. The van der Waals surface area contributed by atoms with E-state index in [1.807, 2.05) is 28.9 Å². The molecule has 0 spiro atoms. The van der Waals surface area contributed by atoms with Crippen molar-refractivity contribution in [1.29, 1.82) is 0 Å². The molecule has 0 aliphatic carbocycles. The van der Waals surface area contributed by atoms with Gasteiger partial charge in [0.25, 0.3) is 5.91 Å². The number of amides is 2. The molecule has 140 valence electrons. The van der Waals surface area contributed by atoms with Crippen molar-refractivity contribution in [2.45, 2.75) is 19.8 Å². The van der Waals surface area contributed by atoms with E-state index in [-0.39, 0.29) is 24.2 Å². The highest BCUT2D eigenvalue weighted by Gasteiger charge is 2.42. The standard InChI is InChI=1S/C17H25N3O3S.ClH/c1-13-2-3-14(24-13)15(21)19-6-8-20(9-7-19)16(22)17(12-18)4-10-23-11-5-17;/h2-3H,4-12,18H2,1H3;1H. The molecule has 8 heteroatoms. The number of rotatable bonds is 3. The third kappa shape index (κ3) is 4.16. The van der Waals surface area contributed by atoms with E-state index >= 15 is 0 Å². The van der Waals surface area contributed by atoms with Crippen molar-refractivity contribution in [2.24, 2.45) is 11.1 Å². The molecular formula is C17H26ClN3O3S. The van der Waals surface area contributed by atoms with Crippen LogP contribution in [0.4, 0.5) is 0 Å². The summed E-state index contributed by atoms with van der Waals surface area (Å²) < 4.78 is 5.39. The monoisotopic (exact) mass is 387 g/mol. The minimum Gasteiger partial charge on any atom is -0.381 e. The van der Waals surface area contributed by atoms with E-state index in [4.69, 9.17) is 10.5 Å². The molecular weight excluding hydrogens is 362 g/mol. The summed E-state index contributed by atoms with van der Waals surface area (Å²) in [5, 5.41) is 0. The molecule has 2 amide bonds. The van der Waals surface area contributed by atoms with Crippen LogP contribution in [0.1, 0.15) is 27.4 Å². The van der Waals surface area contributed by atoms with E-state index in [1.165, 1.54) is 11.3 Å². The molecule has 0 atom stereocenters. The van der Waals surface area contributed by atoms with Gasteiger partial charge in [0.15, 0.2) is 0 Å². The van der Waals surface area contributed by atoms with E-state index in [0.29, 0.717) is 58.8 Å². The first kappa shape index (κ1) is 20.2. The first-order chi connectivity index (χ1) is 11.6. The second-order valence-electron chi connectivity index (χ2n) is 6.59. The Balaban J connectivity index is 0.00000225. The number of nitrogens with zero attached hydrogens (tertiary/aromatic N) is 2. The lowest BCUT2D eigenvalue weighted by molar-refractivity contribution is -0.148. The Morgan fingerprint density at radius 3 is 2.28 bits per heavy atom. The average Bonchev–Trinajstić information content (AvgIpc) is 3.07. The molecule has 3 rings (SSSR count). The zero-order chi connectivity index (χ0) is 17.2. The highest BCUT2D eigenvalue weighted by atomic mass is 35.5. The van der Waals surface area contributed by atoms with E-state index < -0.39 is 5.41 Å². The molecule has 0 unspecified atom stereocenters. The molecule has 2 N–H and O–H groups in total.